The summed E-state index contributed by atoms with van der Waals surface area (Å²) < 4.78 is 32.7. The van der Waals surface area contributed by atoms with Gasteiger partial charge in [-0.3, -0.25) is 0 Å². The van der Waals surface area contributed by atoms with Gasteiger partial charge in [-0.25, -0.2) is 8.42 Å². The van der Waals surface area contributed by atoms with Gasteiger partial charge < -0.3 is 9.66 Å². The summed E-state index contributed by atoms with van der Waals surface area (Å²) in [6.07, 6.45) is 7.31. The molecule has 0 fully saturated rings. The first-order chi connectivity index (χ1) is 7.87. The normalized spacial score (nSPS) is 14.9. The van der Waals surface area contributed by atoms with E-state index >= 15 is 0 Å². The maximum atomic E-state index is 10.9. The number of hydrogen-bond donors (Lipinski definition) is 1. The van der Waals surface area contributed by atoms with Gasteiger partial charge in [0.05, 0.1) is 0 Å². The van der Waals surface area contributed by atoms with Gasteiger partial charge in [0.2, 0.25) is 0 Å². The molecule has 0 aliphatic heterocycles. The van der Waals surface area contributed by atoms with Crippen molar-refractivity contribution < 1.29 is 69.5 Å². The molecule has 1 unspecified atom stereocenters. The van der Waals surface area contributed by atoms with Gasteiger partial charge in [-0.1, -0.05) is 52.4 Å². The van der Waals surface area contributed by atoms with Crippen LogP contribution in [0, 0.1) is 0 Å². The van der Waals surface area contributed by atoms with Gasteiger partial charge >= 0.3 is 51.4 Å². The predicted molar refractivity (Wildman–Crippen MR) is 67.5 cm³/mol. The Morgan fingerprint density at radius 2 is 1.44 bits per heavy atom. The van der Waals surface area contributed by atoms with E-state index in [-0.39, 0.29) is 64.2 Å². The minimum absolute atomic E-state index is 0. The maximum absolute atomic E-state index is 10.9. The molecular formula is C12H25KO4S. The number of hydrogen-bond acceptors (Lipinski definition) is 4. The Hall–Kier alpha value is 1.51. The van der Waals surface area contributed by atoms with E-state index in [9.17, 15) is 18.1 Å². The van der Waals surface area contributed by atoms with Crippen molar-refractivity contribution in [3.05, 3.63) is 0 Å². The van der Waals surface area contributed by atoms with Gasteiger partial charge in [-0.05, 0) is 19.3 Å². The Morgan fingerprint density at radius 1 is 1.00 bits per heavy atom. The van der Waals surface area contributed by atoms with Gasteiger partial charge in [-0.2, -0.15) is 0 Å². The minimum Gasteiger partial charge on any atom is -0.746 e. The van der Waals surface area contributed by atoms with Crippen molar-refractivity contribution in [2.75, 3.05) is 0 Å². The molecule has 18 heavy (non-hydrogen) atoms. The van der Waals surface area contributed by atoms with E-state index in [1.54, 1.807) is 0 Å². The summed E-state index contributed by atoms with van der Waals surface area (Å²) in [5, 5.41) is 9.70. The van der Waals surface area contributed by atoms with Crippen molar-refractivity contribution in [1.82, 2.24) is 0 Å². The molecule has 0 aromatic rings. The first-order valence-electron chi connectivity index (χ1n) is 6.55. The average molecular weight is 304 g/mol. The fraction of sp³-hybridized carbons (Fsp3) is 1.00. The molecule has 0 amide bonds. The molecule has 0 aromatic carbocycles. The second-order valence-electron chi connectivity index (χ2n) is 4.63. The molecule has 0 radical (unpaired) electrons. The predicted octanol–water partition coefficient (Wildman–Crippen LogP) is -0.225. The largest absolute Gasteiger partial charge is 1.00 e. The molecule has 4 nitrogen and oxygen atoms in total. The molecule has 0 bridgehead atoms. The molecule has 6 heteroatoms. The first kappa shape index (κ1) is 21.8. The van der Waals surface area contributed by atoms with Crippen LogP contribution in [0.1, 0.15) is 71.6 Å². The fourth-order valence-electron chi connectivity index (χ4n) is 1.84. The van der Waals surface area contributed by atoms with Crippen LogP contribution in [0.5, 0.6) is 0 Å². The van der Waals surface area contributed by atoms with E-state index < -0.39 is 15.1 Å². The third-order valence-electron chi connectivity index (χ3n) is 3.19. The molecule has 0 saturated heterocycles. The minimum atomic E-state index is -4.61. The van der Waals surface area contributed by atoms with Crippen LogP contribution in [0.3, 0.4) is 0 Å². The molecule has 0 spiro atoms. The van der Waals surface area contributed by atoms with E-state index in [0.29, 0.717) is 6.42 Å². The quantitative estimate of drug-likeness (QED) is 0.344. The molecule has 104 valence electrons. The smallest absolute Gasteiger partial charge is 0.746 e. The number of rotatable bonds is 10. The standard InChI is InChI=1S/C12H26O4S.K/c1-3-5-6-7-8-9-10-11-12(13,4-2)17(14,15)16;/h13H,3-11H2,1-2H3,(H,14,15,16);/q;+1/p-1. The van der Waals surface area contributed by atoms with Crippen LogP contribution in [-0.2, 0) is 10.1 Å². The topological polar surface area (TPSA) is 77.4 Å². The molecular weight excluding hydrogens is 279 g/mol. The molecule has 0 rings (SSSR count). The van der Waals surface area contributed by atoms with Crippen molar-refractivity contribution in [2.24, 2.45) is 0 Å². The number of aliphatic hydroxyl groups is 1. The van der Waals surface area contributed by atoms with Gasteiger partial charge in [0.25, 0.3) is 0 Å². The Morgan fingerprint density at radius 3 is 1.83 bits per heavy atom. The Kier molecular flexibility index (Phi) is 13.6. The molecule has 0 saturated carbocycles. The van der Waals surface area contributed by atoms with E-state index in [0.717, 1.165) is 19.3 Å². The van der Waals surface area contributed by atoms with E-state index in [1.165, 1.54) is 26.2 Å². The fourth-order valence-corrected chi connectivity index (χ4v) is 2.58. The first-order valence-corrected chi connectivity index (χ1v) is 7.96. The van der Waals surface area contributed by atoms with E-state index in [1.807, 2.05) is 0 Å². The Balaban J connectivity index is 0. The Labute approximate surface area is 154 Å². The molecule has 1 atom stereocenters. The maximum Gasteiger partial charge on any atom is 1.00 e. The zero-order valence-corrected chi connectivity index (χ0v) is 15.9. The van der Waals surface area contributed by atoms with Crippen LogP contribution in [0.2, 0.25) is 0 Å². The monoisotopic (exact) mass is 304 g/mol. The second-order valence-corrected chi connectivity index (χ2v) is 6.29. The summed E-state index contributed by atoms with van der Waals surface area (Å²) in [6.45, 7) is 3.68. The van der Waals surface area contributed by atoms with Gasteiger partial charge in [0, 0.05) is 0 Å². The summed E-state index contributed by atoms with van der Waals surface area (Å²) in [5.74, 6) is 0. The van der Waals surface area contributed by atoms with E-state index in [2.05, 4.69) is 6.92 Å². The van der Waals surface area contributed by atoms with Crippen molar-refractivity contribution in [3.8, 4) is 0 Å². The SMILES string of the molecule is CCCCCCCCCC(O)(CC)S(=O)(=O)[O-].[K+]. The summed E-state index contributed by atoms with van der Waals surface area (Å²) in [5.41, 5.74) is 0. The van der Waals surface area contributed by atoms with Crippen LogP contribution >= 0.6 is 0 Å². The third-order valence-corrected chi connectivity index (χ3v) is 4.61. The van der Waals surface area contributed by atoms with Crippen molar-refractivity contribution in [2.45, 2.75) is 76.6 Å². The van der Waals surface area contributed by atoms with Crippen LogP contribution in [-0.4, -0.2) is 23.0 Å². The summed E-state index contributed by atoms with van der Waals surface area (Å²) in [7, 11) is -4.61. The van der Waals surface area contributed by atoms with Crippen LogP contribution < -0.4 is 51.4 Å². The second kappa shape index (κ2) is 11.2. The molecule has 0 aromatic heterocycles. The Bertz CT molecular complexity index is 292. The average Bonchev–Trinajstić information content (AvgIpc) is 2.26. The van der Waals surface area contributed by atoms with Crippen molar-refractivity contribution in [1.29, 1.82) is 0 Å². The van der Waals surface area contributed by atoms with Crippen molar-refractivity contribution in [3.63, 3.8) is 0 Å². The zero-order chi connectivity index (χ0) is 13.4. The molecule has 0 aliphatic rings. The third kappa shape index (κ3) is 8.63. The van der Waals surface area contributed by atoms with E-state index in [4.69, 9.17) is 0 Å². The van der Waals surface area contributed by atoms with Crippen LogP contribution in [0.15, 0.2) is 0 Å². The van der Waals surface area contributed by atoms with Gasteiger partial charge in [-0.15, -0.1) is 0 Å². The van der Waals surface area contributed by atoms with Gasteiger partial charge in [0.1, 0.15) is 10.1 Å². The van der Waals surface area contributed by atoms with Crippen LogP contribution in [0.4, 0.5) is 0 Å². The summed E-state index contributed by atoms with van der Waals surface area (Å²) >= 11 is 0. The molecule has 0 heterocycles. The summed E-state index contributed by atoms with van der Waals surface area (Å²) in [6, 6.07) is 0. The molecule has 0 aliphatic carbocycles. The van der Waals surface area contributed by atoms with Gasteiger partial charge in [0.15, 0.2) is 4.93 Å². The summed E-state index contributed by atoms with van der Waals surface area (Å²) in [4.78, 5) is -2.06. The molecule has 1 N–H and O–H groups in total. The van der Waals surface area contributed by atoms with Crippen molar-refractivity contribution >= 4 is 10.1 Å². The van der Waals surface area contributed by atoms with Crippen LogP contribution in [0.25, 0.3) is 0 Å². The zero-order valence-electron chi connectivity index (χ0n) is 11.9. The number of unbranched alkanes of at least 4 members (excludes halogenated alkanes) is 6.